The van der Waals surface area contributed by atoms with Crippen molar-refractivity contribution in [3.05, 3.63) is 57.6 Å². The number of carbonyl (C=O) groups excluding carboxylic acids is 1. The summed E-state index contributed by atoms with van der Waals surface area (Å²) in [5.41, 5.74) is 2.17. The molecule has 0 bridgehead atoms. The van der Waals surface area contributed by atoms with E-state index in [1.165, 1.54) is 19.2 Å². The van der Waals surface area contributed by atoms with Crippen molar-refractivity contribution in [2.75, 3.05) is 25.5 Å². The Morgan fingerprint density at radius 1 is 1.20 bits per heavy atom. The standard InChI is InChI=1S/C21H25Cl2N3O3S/c1-14-8-9-16(30(28,29)24-2)11-20(14)25-21(27)15-5-4-10-26(12-15)13-17-18(22)6-3-7-19(17)23/h3,6-9,11,15,24H,4-5,10,12-13H2,1-2H3,(H,25,27). The molecule has 2 aromatic carbocycles. The van der Waals surface area contributed by atoms with Gasteiger partial charge in [0.1, 0.15) is 0 Å². The van der Waals surface area contributed by atoms with E-state index < -0.39 is 10.0 Å². The number of carbonyl (C=O) groups is 1. The van der Waals surface area contributed by atoms with Crippen LogP contribution in [0.1, 0.15) is 24.0 Å². The van der Waals surface area contributed by atoms with Crippen molar-refractivity contribution in [2.24, 2.45) is 5.92 Å². The summed E-state index contributed by atoms with van der Waals surface area (Å²) in [5, 5.41) is 4.15. The lowest BCUT2D eigenvalue weighted by atomic mass is 9.96. The van der Waals surface area contributed by atoms with Crippen LogP contribution in [0.15, 0.2) is 41.3 Å². The fraction of sp³-hybridized carbons (Fsp3) is 0.381. The number of benzene rings is 2. The van der Waals surface area contributed by atoms with E-state index >= 15 is 0 Å². The van der Waals surface area contributed by atoms with Crippen LogP contribution in [-0.4, -0.2) is 39.4 Å². The fourth-order valence-corrected chi connectivity index (χ4v) is 4.85. The molecule has 1 amide bonds. The highest BCUT2D eigenvalue weighted by molar-refractivity contribution is 7.89. The maximum absolute atomic E-state index is 12.9. The van der Waals surface area contributed by atoms with Crippen LogP contribution in [0.25, 0.3) is 0 Å². The van der Waals surface area contributed by atoms with E-state index in [0.717, 1.165) is 30.5 Å². The fourth-order valence-electron chi connectivity index (χ4n) is 3.58. The lowest BCUT2D eigenvalue weighted by Crippen LogP contribution is -2.40. The van der Waals surface area contributed by atoms with Crippen molar-refractivity contribution in [3.63, 3.8) is 0 Å². The number of amides is 1. The number of nitrogens with one attached hydrogen (secondary N) is 2. The molecule has 2 N–H and O–H groups in total. The minimum atomic E-state index is -3.58. The van der Waals surface area contributed by atoms with Crippen molar-refractivity contribution in [3.8, 4) is 0 Å². The molecule has 0 aromatic heterocycles. The summed E-state index contributed by atoms with van der Waals surface area (Å²) >= 11 is 12.6. The number of hydrogen-bond acceptors (Lipinski definition) is 4. The van der Waals surface area contributed by atoms with E-state index in [1.54, 1.807) is 6.07 Å². The maximum Gasteiger partial charge on any atom is 0.240 e. The van der Waals surface area contributed by atoms with E-state index in [2.05, 4.69) is 14.9 Å². The quantitative estimate of drug-likeness (QED) is 0.668. The zero-order valence-corrected chi connectivity index (χ0v) is 19.2. The number of hydrogen-bond donors (Lipinski definition) is 2. The van der Waals surface area contributed by atoms with Gasteiger partial charge in [0.2, 0.25) is 15.9 Å². The monoisotopic (exact) mass is 469 g/mol. The Morgan fingerprint density at radius 3 is 2.57 bits per heavy atom. The Morgan fingerprint density at radius 2 is 1.90 bits per heavy atom. The van der Waals surface area contributed by atoms with Gasteiger partial charge < -0.3 is 5.32 Å². The van der Waals surface area contributed by atoms with Gasteiger partial charge in [-0.1, -0.05) is 35.3 Å². The number of aryl methyl sites for hydroxylation is 1. The van der Waals surface area contributed by atoms with Gasteiger partial charge in [-0.2, -0.15) is 0 Å². The van der Waals surface area contributed by atoms with Gasteiger partial charge in [-0.05, 0) is 63.2 Å². The number of piperidine rings is 1. The van der Waals surface area contributed by atoms with Crippen LogP contribution in [0, 0.1) is 12.8 Å². The number of halogens is 2. The summed E-state index contributed by atoms with van der Waals surface area (Å²) in [4.78, 5) is 15.2. The molecule has 1 atom stereocenters. The molecule has 0 spiro atoms. The molecule has 1 fully saturated rings. The number of sulfonamides is 1. The summed E-state index contributed by atoms with van der Waals surface area (Å²) in [6, 6.07) is 10.1. The summed E-state index contributed by atoms with van der Waals surface area (Å²) in [6.45, 7) is 3.86. The molecule has 3 rings (SSSR count). The van der Waals surface area contributed by atoms with Crippen molar-refractivity contribution in [1.82, 2.24) is 9.62 Å². The van der Waals surface area contributed by atoms with Gasteiger partial charge in [-0.3, -0.25) is 9.69 Å². The number of rotatable bonds is 6. The second-order valence-corrected chi connectivity index (χ2v) is 10.1. The highest BCUT2D eigenvalue weighted by Crippen LogP contribution is 2.28. The number of likely N-dealkylation sites (tertiary alicyclic amines) is 1. The van der Waals surface area contributed by atoms with E-state index in [9.17, 15) is 13.2 Å². The molecule has 1 unspecified atom stereocenters. The molecule has 1 aliphatic heterocycles. The van der Waals surface area contributed by atoms with Gasteiger partial charge in [0.15, 0.2) is 0 Å². The SMILES string of the molecule is CNS(=O)(=O)c1ccc(C)c(NC(=O)C2CCCN(Cc3c(Cl)cccc3Cl)C2)c1. The minimum Gasteiger partial charge on any atom is -0.326 e. The van der Waals surface area contributed by atoms with Crippen LogP contribution in [-0.2, 0) is 21.4 Å². The lowest BCUT2D eigenvalue weighted by Gasteiger charge is -2.32. The predicted molar refractivity (Wildman–Crippen MR) is 121 cm³/mol. The van der Waals surface area contributed by atoms with E-state index in [-0.39, 0.29) is 16.7 Å². The van der Waals surface area contributed by atoms with Gasteiger partial charge in [0.25, 0.3) is 0 Å². The maximum atomic E-state index is 12.9. The average molecular weight is 470 g/mol. The molecule has 30 heavy (non-hydrogen) atoms. The Bertz CT molecular complexity index is 1020. The first kappa shape index (κ1) is 23.0. The molecule has 1 saturated heterocycles. The molecular weight excluding hydrogens is 445 g/mol. The topological polar surface area (TPSA) is 78.5 Å². The van der Waals surface area contributed by atoms with Crippen LogP contribution in [0.3, 0.4) is 0 Å². The summed E-state index contributed by atoms with van der Waals surface area (Å²) in [5.74, 6) is -0.323. The summed E-state index contributed by atoms with van der Waals surface area (Å²) < 4.78 is 26.4. The normalized spacial score (nSPS) is 17.7. The zero-order valence-electron chi connectivity index (χ0n) is 16.9. The van der Waals surface area contributed by atoms with E-state index in [0.29, 0.717) is 28.8 Å². The first-order chi connectivity index (χ1) is 14.2. The molecule has 162 valence electrons. The van der Waals surface area contributed by atoms with Crippen molar-refractivity contribution in [2.45, 2.75) is 31.2 Å². The molecule has 0 aliphatic carbocycles. The predicted octanol–water partition coefficient (Wildman–Crippen LogP) is 4.06. The van der Waals surface area contributed by atoms with E-state index in [1.807, 2.05) is 25.1 Å². The van der Waals surface area contributed by atoms with Gasteiger partial charge >= 0.3 is 0 Å². The Hall–Kier alpha value is -1.64. The lowest BCUT2D eigenvalue weighted by molar-refractivity contribution is -0.121. The summed E-state index contributed by atoms with van der Waals surface area (Å²) in [6.07, 6.45) is 1.65. The molecule has 2 aromatic rings. The van der Waals surface area contributed by atoms with Gasteiger partial charge in [-0.15, -0.1) is 0 Å². The molecule has 0 radical (unpaired) electrons. The van der Waals surface area contributed by atoms with Crippen LogP contribution in [0.4, 0.5) is 5.69 Å². The highest BCUT2D eigenvalue weighted by atomic mass is 35.5. The molecule has 1 aliphatic rings. The number of nitrogens with zero attached hydrogens (tertiary/aromatic N) is 1. The van der Waals surface area contributed by atoms with Crippen molar-refractivity contribution >= 4 is 44.8 Å². The second-order valence-electron chi connectivity index (χ2n) is 7.45. The molecule has 9 heteroatoms. The first-order valence-electron chi connectivity index (χ1n) is 9.71. The van der Waals surface area contributed by atoms with Crippen LogP contribution < -0.4 is 10.0 Å². The summed E-state index contributed by atoms with van der Waals surface area (Å²) in [7, 11) is -2.23. The third-order valence-corrected chi connectivity index (χ3v) is 7.49. The van der Waals surface area contributed by atoms with Gasteiger partial charge in [0, 0.05) is 34.4 Å². The van der Waals surface area contributed by atoms with Crippen LogP contribution in [0.2, 0.25) is 10.0 Å². The Kier molecular flexibility index (Phi) is 7.42. The number of anilines is 1. The molecule has 0 saturated carbocycles. The molecular formula is C21H25Cl2N3O3S. The average Bonchev–Trinajstić information content (AvgIpc) is 2.72. The zero-order chi connectivity index (χ0) is 21.9. The van der Waals surface area contributed by atoms with Gasteiger partial charge in [0.05, 0.1) is 10.8 Å². The minimum absolute atomic E-state index is 0.115. The molecule has 6 nitrogen and oxygen atoms in total. The van der Waals surface area contributed by atoms with Crippen LogP contribution in [0.5, 0.6) is 0 Å². The smallest absolute Gasteiger partial charge is 0.240 e. The first-order valence-corrected chi connectivity index (χ1v) is 12.0. The Balaban J connectivity index is 1.71. The van der Waals surface area contributed by atoms with Gasteiger partial charge in [-0.25, -0.2) is 13.1 Å². The third kappa shape index (κ3) is 5.34. The Labute approximate surface area is 187 Å². The highest BCUT2D eigenvalue weighted by Gasteiger charge is 2.27. The van der Waals surface area contributed by atoms with Crippen LogP contribution >= 0.6 is 23.2 Å². The molecule has 1 heterocycles. The van der Waals surface area contributed by atoms with Crippen molar-refractivity contribution < 1.29 is 13.2 Å². The van der Waals surface area contributed by atoms with E-state index in [4.69, 9.17) is 23.2 Å². The van der Waals surface area contributed by atoms with Crippen molar-refractivity contribution in [1.29, 1.82) is 0 Å². The second kappa shape index (κ2) is 9.66. The largest absolute Gasteiger partial charge is 0.326 e. The third-order valence-electron chi connectivity index (χ3n) is 5.37.